The molecule has 0 fully saturated rings. The second-order valence-corrected chi connectivity index (χ2v) is 11.4. The van der Waals surface area contributed by atoms with Gasteiger partial charge in [0.15, 0.2) is 0 Å². The van der Waals surface area contributed by atoms with Crippen molar-refractivity contribution >= 4 is 52.7 Å². The molecule has 2 atom stereocenters. The number of aryl methyl sites for hydroxylation is 1. The molecule has 2 aromatic carbocycles. The van der Waals surface area contributed by atoms with Crippen molar-refractivity contribution in [2.24, 2.45) is 0 Å². The third kappa shape index (κ3) is 3.90. The SMILES string of the molecule is Clc1ccc(-c2nn[se]c2[C@@H](c2ccc(Cl)cc2)[C@@H]2CCCc3[se]nnc32)cc1. The van der Waals surface area contributed by atoms with Gasteiger partial charge in [-0.3, -0.25) is 0 Å². The van der Waals surface area contributed by atoms with E-state index in [1.54, 1.807) is 0 Å². The number of fused-ring (bicyclic) bond motifs is 1. The predicted molar refractivity (Wildman–Crippen MR) is 117 cm³/mol. The van der Waals surface area contributed by atoms with Crippen molar-refractivity contribution in [3.8, 4) is 11.3 Å². The van der Waals surface area contributed by atoms with Crippen molar-refractivity contribution in [3.63, 3.8) is 0 Å². The normalized spacial score (nSPS) is 17.1. The van der Waals surface area contributed by atoms with Crippen LogP contribution in [0.4, 0.5) is 0 Å². The fourth-order valence-corrected chi connectivity index (χ4v) is 7.71. The molecule has 4 aromatic rings. The zero-order valence-corrected chi connectivity index (χ0v) is 20.2. The van der Waals surface area contributed by atoms with Crippen molar-refractivity contribution in [1.29, 1.82) is 0 Å². The van der Waals surface area contributed by atoms with E-state index in [9.17, 15) is 0 Å². The van der Waals surface area contributed by atoms with Gasteiger partial charge in [-0.1, -0.05) is 0 Å². The monoisotopic (exact) mass is 554 g/mol. The van der Waals surface area contributed by atoms with Gasteiger partial charge in [-0.05, 0) is 0 Å². The van der Waals surface area contributed by atoms with E-state index >= 15 is 0 Å². The van der Waals surface area contributed by atoms with Gasteiger partial charge < -0.3 is 0 Å². The van der Waals surface area contributed by atoms with E-state index in [0.717, 1.165) is 34.1 Å². The molecular weight excluding hydrogens is 537 g/mol. The Kier molecular flexibility index (Phi) is 5.75. The van der Waals surface area contributed by atoms with Gasteiger partial charge in [0.05, 0.1) is 0 Å². The summed E-state index contributed by atoms with van der Waals surface area (Å²) in [6.45, 7) is 0. The molecule has 29 heavy (non-hydrogen) atoms. The van der Waals surface area contributed by atoms with E-state index in [-0.39, 0.29) is 35.4 Å². The van der Waals surface area contributed by atoms with E-state index < -0.39 is 0 Å². The van der Waals surface area contributed by atoms with Crippen molar-refractivity contribution in [1.82, 2.24) is 18.4 Å². The summed E-state index contributed by atoms with van der Waals surface area (Å²) in [5, 5.41) is 10.6. The second kappa shape index (κ2) is 8.47. The number of hydrogen-bond acceptors (Lipinski definition) is 4. The quantitative estimate of drug-likeness (QED) is 0.347. The van der Waals surface area contributed by atoms with Crippen LogP contribution in [0.25, 0.3) is 11.3 Å². The van der Waals surface area contributed by atoms with E-state index in [1.807, 2.05) is 36.4 Å². The molecular formula is C21H16Cl2N4Se2. The van der Waals surface area contributed by atoms with Gasteiger partial charge >= 0.3 is 192 Å². The van der Waals surface area contributed by atoms with Crippen molar-refractivity contribution < 1.29 is 0 Å². The Balaban J connectivity index is 1.66. The molecule has 0 spiro atoms. The summed E-state index contributed by atoms with van der Waals surface area (Å²) in [6, 6.07) is 16.1. The van der Waals surface area contributed by atoms with Gasteiger partial charge in [-0.25, -0.2) is 0 Å². The summed E-state index contributed by atoms with van der Waals surface area (Å²) in [5.74, 6) is 0.502. The molecule has 0 bridgehead atoms. The Morgan fingerprint density at radius 1 is 0.862 bits per heavy atom. The van der Waals surface area contributed by atoms with E-state index in [2.05, 4.69) is 30.5 Å². The average molecular weight is 553 g/mol. The van der Waals surface area contributed by atoms with E-state index in [0.29, 0.717) is 5.92 Å². The maximum atomic E-state index is 6.19. The van der Waals surface area contributed by atoms with E-state index in [4.69, 9.17) is 23.2 Å². The summed E-state index contributed by atoms with van der Waals surface area (Å²) in [7, 11) is 0. The van der Waals surface area contributed by atoms with Crippen LogP contribution in [-0.2, 0) is 6.42 Å². The van der Waals surface area contributed by atoms with Gasteiger partial charge in [0.1, 0.15) is 0 Å². The Labute approximate surface area is 191 Å². The fourth-order valence-electron chi connectivity index (χ4n) is 4.06. The summed E-state index contributed by atoms with van der Waals surface area (Å²) >= 11 is 12.4. The van der Waals surface area contributed by atoms with Crippen molar-refractivity contribution in [2.75, 3.05) is 0 Å². The number of halogens is 2. The molecule has 2 heterocycles. The summed E-state index contributed by atoms with van der Waals surface area (Å²) in [5.41, 5.74) is 4.50. The zero-order valence-electron chi connectivity index (χ0n) is 15.3. The Hall–Kier alpha value is -1.26. The third-order valence-corrected chi connectivity index (χ3v) is 9.27. The van der Waals surface area contributed by atoms with Gasteiger partial charge in [-0.15, -0.1) is 0 Å². The molecule has 0 aliphatic heterocycles. The molecule has 0 unspecified atom stereocenters. The molecule has 1 aliphatic carbocycles. The van der Waals surface area contributed by atoms with Gasteiger partial charge in [0.2, 0.25) is 0 Å². The number of aromatic nitrogens is 4. The molecule has 0 amide bonds. The molecule has 5 rings (SSSR count). The molecule has 0 saturated carbocycles. The van der Waals surface area contributed by atoms with Crippen LogP contribution in [0.2, 0.25) is 10.0 Å². The summed E-state index contributed by atoms with van der Waals surface area (Å²) < 4.78 is 11.6. The molecule has 146 valence electrons. The van der Waals surface area contributed by atoms with Crippen molar-refractivity contribution in [3.05, 3.63) is 78.7 Å². The fraction of sp³-hybridized carbons (Fsp3) is 0.238. The predicted octanol–water partition coefficient (Wildman–Crippen LogP) is 4.61. The molecule has 1 aliphatic rings. The first-order valence-electron chi connectivity index (χ1n) is 9.35. The van der Waals surface area contributed by atoms with Crippen LogP contribution in [0.5, 0.6) is 0 Å². The van der Waals surface area contributed by atoms with Gasteiger partial charge in [-0.2, -0.15) is 0 Å². The Morgan fingerprint density at radius 2 is 1.55 bits per heavy atom. The first kappa shape index (κ1) is 19.7. The van der Waals surface area contributed by atoms with Crippen molar-refractivity contribution in [2.45, 2.75) is 31.1 Å². The van der Waals surface area contributed by atoms with Gasteiger partial charge in [0.25, 0.3) is 0 Å². The summed E-state index contributed by atoms with van der Waals surface area (Å²) in [4.78, 5) is 0. The molecule has 2 aromatic heterocycles. The topological polar surface area (TPSA) is 51.6 Å². The van der Waals surface area contributed by atoms with Crippen LogP contribution in [0.15, 0.2) is 48.5 Å². The standard InChI is InChI=1S/C21H16Cl2N4Se2/c22-14-8-4-12(5-9-14)18(16-2-1-3-17-20(16)25-26-28-17)21-19(24-27-29-21)13-6-10-15(23)11-7-13/h4-11,16,18H,1-3H2/t16-,18-/m0/s1. The summed E-state index contributed by atoms with van der Waals surface area (Å²) in [6.07, 6.45) is 3.43. The molecule has 8 heteroatoms. The van der Waals surface area contributed by atoms with Crippen LogP contribution in [-0.4, -0.2) is 47.9 Å². The Bertz CT molecular complexity index is 1120. The number of rotatable bonds is 4. The second-order valence-electron chi connectivity index (χ2n) is 7.10. The third-order valence-electron chi connectivity index (χ3n) is 5.40. The van der Waals surface area contributed by atoms with Gasteiger partial charge in [0, 0.05) is 0 Å². The minimum atomic E-state index is -0.0433. The Morgan fingerprint density at radius 3 is 2.31 bits per heavy atom. The van der Waals surface area contributed by atoms with Crippen LogP contribution in [0, 0.1) is 0 Å². The number of nitrogens with zero attached hydrogens (tertiary/aromatic N) is 4. The first-order chi connectivity index (χ1) is 14.2. The average Bonchev–Trinajstić information content (AvgIpc) is 3.40. The molecule has 0 radical (unpaired) electrons. The number of benzene rings is 2. The minimum absolute atomic E-state index is 0.0433. The van der Waals surface area contributed by atoms with Crippen LogP contribution < -0.4 is 0 Å². The van der Waals surface area contributed by atoms with Crippen LogP contribution in [0.3, 0.4) is 0 Å². The molecule has 0 saturated heterocycles. The first-order valence-corrected chi connectivity index (χ1v) is 13.4. The zero-order chi connectivity index (χ0) is 19.8. The van der Waals surface area contributed by atoms with Crippen LogP contribution >= 0.6 is 23.2 Å². The van der Waals surface area contributed by atoms with Crippen LogP contribution in [0.1, 0.15) is 44.8 Å². The molecule has 0 N–H and O–H groups in total. The molecule has 4 nitrogen and oxygen atoms in total. The maximum absolute atomic E-state index is 6.19. The number of hydrogen-bond donors (Lipinski definition) is 0. The van der Waals surface area contributed by atoms with E-state index in [1.165, 1.54) is 26.6 Å².